The lowest BCUT2D eigenvalue weighted by atomic mass is 9.95. The lowest BCUT2D eigenvalue weighted by Gasteiger charge is -2.52. The quantitative estimate of drug-likeness (QED) is 0.0357. The minimum atomic E-state index is -3.15. The molecule has 3 aliphatic rings. The molecule has 8 rings (SSSR count). The summed E-state index contributed by atoms with van der Waals surface area (Å²) in [5.74, 6) is -5.00. The highest BCUT2D eigenvalue weighted by atomic mass is 28.4. The molecule has 0 amide bonds. The maximum absolute atomic E-state index is 14.8. The van der Waals surface area contributed by atoms with Gasteiger partial charge in [-0.05, 0) is 85.1 Å². The minimum absolute atomic E-state index is 0.0162. The zero-order chi connectivity index (χ0) is 62.6. The molecule has 0 unspecified atom stereocenters. The Bertz CT molecular complexity index is 3060. The molecule has 0 spiro atoms. The minimum Gasteiger partial charge on any atom is -0.459 e. The highest BCUT2D eigenvalue weighted by molar-refractivity contribution is 6.74. The normalized spacial score (nSPS) is 27.5. The Hall–Kier alpha value is -7.22. The first-order valence-electron chi connectivity index (χ1n) is 28.8. The summed E-state index contributed by atoms with van der Waals surface area (Å²) in [5, 5.41) is 23.5. The van der Waals surface area contributed by atoms with Crippen molar-refractivity contribution in [2.24, 2.45) is 5.92 Å². The summed E-state index contributed by atoms with van der Waals surface area (Å²) in [5.41, 5.74) is 1.10. The first-order valence-corrected chi connectivity index (χ1v) is 31.7. The van der Waals surface area contributed by atoms with Crippen LogP contribution in [-0.2, 0) is 77.5 Å². The summed E-state index contributed by atoms with van der Waals surface area (Å²) in [6.45, 7) is 14.5. The molecule has 87 heavy (non-hydrogen) atoms. The van der Waals surface area contributed by atoms with Crippen LogP contribution in [-0.4, -0.2) is 160 Å². The molecular weight excluding hydrogens is 1140 g/mol. The van der Waals surface area contributed by atoms with E-state index in [1.807, 2.05) is 46.9 Å². The molecule has 3 heterocycles. The maximum atomic E-state index is 14.8. The lowest BCUT2D eigenvalue weighted by Crippen LogP contribution is -2.69. The molecular formula is C65H76O21Si. The third-order valence-electron chi connectivity index (χ3n) is 16.1. The number of aliphatic hydroxyl groups excluding tert-OH is 2. The van der Waals surface area contributed by atoms with Crippen LogP contribution in [0.5, 0.6) is 0 Å². The van der Waals surface area contributed by atoms with Crippen LogP contribution >= 0.6 is 0 Å². The van der Waals surface area contributed by atoms with Crippen LogP contribution in [0.25, 0.3) is 0 Å². The fourth-order valence-electron chi connectivity index (χ4n) is 10.1. The summed E-state index contributed by atoms with van der Waals surface area (Å²) in [6.07, 6.45) is -25.0. The summed E-state index contributed by atoms with van der Waals surface area (Å²) in [4.78, 5) is 82.5. The van der Waals surface area contributed by atoms with Gasteiger partial charge in [-0.15, -0.1) is 0 Å². The highest BCUT2D eigenvalue weighted by Crippen LogP contribution is 2.47. The van der Waals surface area contributed by atoms with Gasteiger partial charge in [-0.2, -0.15) is 0 Å². The van der Waals surface area contributed by atoms with Crippen molar-refractivity contribution in [3.05, 3.63) is 179 Å². The van der Waals surface area contributed by atoms with Gasteiger partial charge in [0.1, 0.15) is 55.9 Å². The number of benzene rings is 5. The third kappa shape index (κ3) is 16.5. The van der Waals surface area contributed by atoms with E-state index in [9.17, 15) is 39.0 Å². The molecule has 5 aromatic carbocycles. The molecule has 0 aliphatic carbocycles. The average molecular weight is 1220 g/mol. The van der Waals surface area contributed by atoms with Crippen molar-refractivity contribution in [2.45, 2.75) is 165 Å². The Labute approximate surface area is 506 Å². The smallest absolute Gasteiger partial charge is 0.338 e. The van der Waals surface area contributed by atoms with Crippen molar-refractivity contribution < 1.29 is 100 Å². The average Bonchev–Trinajstić information content (AvgIpc) is 1.02. The second-order valence-electron chi connectivity index (χ2n) is 22.8. The molecule has 466 valence electrons. The Kier molecular flexibility index (Phi) is 22.4. The van der Waals surface area contributed by atoms with E-state index in [2.05, 4.69) is 0 Å². The molecule has 2 N–H and O–H groups in total. The second kappa shape index (κ2) is 29.6. The number of aliphatic hydroxyl groups is 2. The molecule has 22 heteroatoms. The van der Waals surface area contributed by atoms with Gasteiger partial charge < -0.3 is 71.5 Å². The van der Waals surface area contributed by atoms with Crippen LogP contribution in [0.4, 0.5) is 0 Å². The molecule has 15 atom stereocenters. The van der Waals surface area contributed by atoms with Gasteiger partial charge in [-0.3, -0.25) is 9.59 Å². The van der Waals surface area contributed by atoms with Gasteiger partial charge in [0.25, 0.3) is 0 Å². The molecule has 3 saturated heterocycles. The van der Waals surface area contributed by atoms with Crippen LogP contribution in [0, 0.1) is 5.92 Å². The van der Waals surface area contributed by atoms with E-state index in [0.717, 1.165) is 6.92 Å². The van der Waals surface area contributed by atoms with Crippen molar-refractivity contribution in [3.8, 4) is 0 Å². The van der Waals surface area contributed by atoms with Crippen molar-refractivity contribution >= 4 is 44.1 Å². The number of hydrogen-bond acceptors (Lipinski definition) is 21. The number of esters is 6. The molecule has 21 nitrogen and oxygen atoms in total. The Morgan fingerprint density at radius 1 is 0.483 bits per heavy atom. The first-order chi connectivity index (χ1) is 41.5. The third-order valence-corrected chi connectivity index (χ3v) is 20.6. The van der Waals surface area contributed by atoms with Crippen molar-refractivity contribution in [2.75, 3.05) is 13.2 Å². The lowest BCUT2D eigenvalue weighted by molar-refractivity contribution is -0.382. The molecule has 0 saturated carbocycles. The summed E-state index contributed by atoms with van der Waals surface area (Å²) < 4.78 is 84.4. The number of rotatable bonds is 23. The molecule has 0 radical (unpaired) electrons. The number of ether oxygens (including phenoxy) is 12. The van der Waals surface area contributed by atoms with Crippen molar-refractivity contribution in [3.63, 3.8) is 0 Å². The van der Waals surface area contributed by atoms with Crippen molar-refractivity contribution in [1.82, 2.24) is 0 Å². The second-order valence-corrected chi connectivity index (χ2v) is 27.3. The van der Waals surface area contributed by atoms with E-state index in [0.29, 0.717) is 5.56 Å². The van der Waals surface area contributed by atoms with Gasteiger partial charge in [-0.1, -0.05) is 131 Å². The summed E-state index contributed by atoms with van der Waals surface area (Å²) >= 11 is 0. The SMILES string of the molecule is CC(=O)O[C@H]1[C@H](OCc2ccccc2)[C@H](O[C@@H]2[C@@H](OC(=O)c3ccccc3)[C@H](O[Si](C)(C)C(C)(C)C(C)C)O[C@H](COC(=O)c3ccccc3)[C@H]2O[C@@H]2O[C@H](COC(=O)c3ccccc3)[C@H](O)[C@H](O)[C@H]2OC(=O)c2ccccc2)O[C@@H](C)[C@H]1OC(C)=O. The molecule has 3 aliphatic heterocycles. The van der Waals surface area contributed by atoms with E-state index in [4.69, 9.17) is 61.3 Å². The Morgan fingerprint density at radius 3 is 1.38 bits per heavy atom. The highest BCUT2D eigenvalue weighted by Gasteiger charge is 2.60. The number of carbonyl (C=O) groups excluding carboxylic acids is 6. The van der Waals surface area contributed by atoms with E-state index >= 15 is 0 Å². The maximum Gasteiger partial charge on any atom is 0.338 e. The van der Waals surface area contributed by atoms with E-state index in [1.54, 1.807) is 104 Å². The van der Waals surface area contributed by atoms with Crippen LogP contribution < -0.4 is 0 Å². The van der Waals surface area contributed by atoms with E-state index in [1.165, 1.54) is 55.5 Å². The van der Waals surface area contributed by atoms with Gasteiger partial charge in [0.2, 0.25) is 0 Å². The first kappa shape index (κ1) is 65.7. The largest absolute Gasteiger partial charge is 0.459 e. The van der Waals surface area contributed by atoms with Gasteiger partial charge in [0.15, 0.2) is 51.6 Å². The van der Waals surface area contributed by atoms with E-state index < -0.39 is 155 Å². The van der Waals surface area contributed by atoms with Gasteiger partial charge in [0, 0.05) is 13.8 Å². The van der Waals surface area contributed by atoms with Crippen LogP contribution in [0.1, 0.15) is 95.5 Å². The Morgan fingerprint density at radius 2 is 0.897 bits per heavy atom. The van der Waals surface area contributed by atoms with Gasteiger partial charge in [0.05, 0.1) is 35.0 Å². The summed E-state index contributed by atoms with van der Waals surface area (Å²) in [6, 6.07) is 40.8. The van der Waals surface area contributed by atoms with Crippen LogP contribution in [0.2, 0.25) is 18.1 Å². The molecule has 0 bridgehead atoms. The van der Waals surface area contributed by atoms with Gasteiger partial charge >= 0.3 is 35.8 Å². The molecule has 5 aromatic rings. The standard InChI is InChI=1S/C65H76O21Si/c1-38(2)65(6,7)87(8,9)86-64-57(83-61(73)46-33-23-14-24-34-46)55(85-63-56(74-35-42-25-15-10-16-26-42)54(79-41(5)67)51(39(3)77-63)78-40(4)66)52(48(81-64)37-76-59(71)44-29-19-12-20-30-44)84-62-53(82-60(72)45-31-21-13-22-32-45)50(69)49(68)47(80-62)36-75-58(70)43-27-17-11-18-28-43/h10-34,38-39,47-57,62-64,68-69H,35-37H2,1-9H3/t39-,47+,48+,49-,50-,51+,52+,53+,54+,55-,56-,57+,62-,63-,64-/m0/s1. The number of carbonyl (C=O) groups is 6. The predicted molar refractivity (Wildman–Crippen MR) is 312 cm³/mol. The topological polar surface area (TPSA) is 263 Å². The fourth-order valence-corrected chi connectivity index (χ4v) is 12.6. The Balaban J connectivity index is 1.32. The molecule has 0 aromatic heterocycles. The monoisotopic (exact) mass is 1220 g/mol. The summed E-state index contributed by atoms with van der Waals surface area (Å²) in [7, 11) is -3.15. The zero-order valence-corrected chi connectivity index (χ0v) is 50.9. The van der Waals surface area contributed by atoms with Crippen molar-refractivity contribution in [1.29, 1.82) is 0 Å². The van der Waals surface area contributed by atoms with E-state index in [-0.39, 0.29) is 34.8 Å². The van der Waals surface area contributed by atoms with Crippen LogP contribution in [0.15, 0.2) is 152 Å². The zero-order valence-electron chi connectivity index (χ0n) is 49.9. The predicted octanol–water partition coefficient (Wildman–Crippen LogP) is 7.95. The van der Waals surface area contributed by atoms with Gasteiger partial charge in [-0.25, -0.2) is 19.2 Å². The van der Waals surface area contributed by atoms with Crippen LogP contribution in [0.3, 0.4) is 0 Å². The number of hydrogen-bond donors (Lipinski definition) is 2. The molecule has 3 fully saturated rings. The fraction of sp³-hybridized carbons (Fsp3) is 0.446.